The van der Waals surface area contributed by atoms with E-state index in [1.54, 1.807) is 6.20 Å². The average molecular weight is 516 g/mol. The van der Waals surface area contributed by atoms with Gasteiger partial charge in [-0.1, -0.05) is 44.2 Å². The van der Waals surface area contributed by atoms with Crippen LogP contribution in [0.1, 0.15) is 40.2 Å². The molecule has 1 heterocycles. The molecular weight excluding hydrogens is 483 g/mol. The fraction of sp³-hybridized carbons (Fsp3) is 0.370. The first-order valence-corrected chi connectivity index (χ1v) is 11.9. The second-order valence-corrected chi connectivity index (χ2v) is 10.2. The molecule has 1 aromatic heterocycles. The number of hydrogen-bond acceptors (Lipinski definition) is 3. The van der Waals surface area contributed by atoms with Gasteiger partial charge in [0.05, 0.1) is 11.3 Å². The molecule has 0 spiro atoms. The third-order valence-corrected chi connectivity index (χ3v) is 5.19. The van der Waals surface area contributed by atoms with Crippen LogP contribution in [0.15, 0.2) is 60.8 Å². The molecule has 37 heavy (non-hydrogen) atoms. The number of amides is 3. The van der Waals surface area contributed by atoms with Crippen molar-refractivity contribution in [1.82, 2.24) is 19.8 Å². The molecule has 0 aliphatic heterocycles. The SMILES string of the molecule is CC(C)CN(CC(=O)Nc1nc(-c2ccccc2)cn1-c1ccc(C(F)(F)F)cc1)C(=O)NC(C)(C)C. The lowest BCUT2D eigenvalue weighted by molar-refractivity contribution is -0.137. The molecule has 7 nitrogen and oxygen atoms in total. The molecule has 0 aliphatic carbocycles. The summed E-state index contributed by atoms with van der Waals surface area (Å²) in [5.74, 6) is -0.232. The van der Waals surface area contributed by atoms with E-state index in [4.69, 9.17) is 0 Å². The van der Waals surface area contributed by atoms with E-state index in [0.29, 0.717) is 17.9 Å². The van der Waals surface area contributed by atoms with Crippen LogP contribution in [0.4, 0.5) is 23.9 Å². The Kier molecular flexibility index (Phi) is 8.30. The van der Waals surface area contributed by atoms with E-state index >= 15 is 0 Å². The number of imidazole rings is 1. The number of alkyl halides is 3. The topological polar surface area (TPSA) is 79.3 Å². The number of carbonyl (C=O) groups is 2. The predicted molar refractivity (Wildman–Crippen MR) is 137 cm³/mol. The summed E-state index contributed by atoms with van der Waals surface area (Å²) in [7, 11) is 0. The quantitative estimate of drug-likeness (QED) is 0.407. The summed E-state index contributed by atoms with van der Waals surface area (Å²) >= 11 is 0. The van der Waals surface area contributed by atoms with E-state index in [1.165, 1.54) is 21.6 Å². The molecule has 3 rings (SSSR count). The summed E-state index contributed by atoms with van der Waals surface area (Å²) in [4.78, 5) is 31.8. The first-order chi connectivity index (χ1) is 17.2. The number of urea groups is 1. The number of rotatable bonds is 7. The van der Waals surface area contributed by atoms with Crippen LogP contribution in [0, 0.1) is 5.92 Å². The Hall–Kier alpha value is -3.82. The summed E-state index contributed by atoms with van der Waals surface area (Å²) in [6, 6.07) is 13.4. The minimum absolute atomic E-state index is 0.123. The van der Waals surface area contributed by atoms with E-state index in [-0.39, 0.29) is 24.4 Å². The molecular formula is C27H32F3N5O2. The maximum atomic E-state index is 13.1. The fourth-order valence-electron chi connectivity index (χ4n) is 3.62. The second-order valence-electron chi connectivity index (χ2n) is 10.2. The Morgan fingerprint density at radius 1 is 1.00 bits per heavy atom. The number of halogens is 3. The zero-order valence-corrected chi connectivity index (χ0v) is 21.6. The molecule has 0 saturated heterocycles. The zero-order chi connectivity index (χ0) is 27.4. The van der Waals surface area contributed by atoms with Crippen LogP contribution in [-0.4, -0.2) is 45.0 Å². The van der Waals surface area contributed by atoms with Crippen LogP contribution in [-0.2, 0) is 11.0 Å². The number of aromatic nitrogens is 2. The summed E-state index contributed by atoms with van der Waals surface area (Å²) in [5.41, 5.74) is 0.434. The molecule has 0 radical (unpaired) electrons. The van der Waals surface area contributed by atoms with Gasteiger partial charge in [-0.05, 0) is 51.0 Å². The van der Waals surface area contributed by atoms with Crippen LogP contribution in [0.25, 0.3) is 16.9 Å². The highest BCUT2D eigenvalue weighted by Crippen LogP contribution is 2.31. The Morgan fingerprint density at radius 2 is 1.62 bits per heavy atom. The Labute approximate surface area is 214 Å². The van der Waals surface area contributed by atoms with E-state index in [2.05, 4.69) is 15.6 Å². The van der Waals surface area contributed by atoms with Crippen LogP contribution >= 0.6 is 0 Å². The van der Waals surface area contributed by atoms with Crippen molar-refractivity contribution < 1.29 is 22.8 Å². The van der Waals surface area contributed by atoms with Crippen molar-refractivity contribution in [1.29, 1.82) is 0 Å². The lowest BCUT2D eigenvalue weighted by Gasteiger charge is -2.29. The smallest absolute Gasteiger partial charge is 0.333 e. The third-order valence-electron chi connectivity index (χ3n) is 5.19. The summed E-state index contributed by atoms with van der Waals surface area (Å²) in [5, 5.41) is 5.60. The van der Waals surface area contributed by atoms with Crippen molar-refractivity contribution >= 4 is 17.9 Å². The van der Waals surface area contributed by atoms with Gasteiger partial charge in [0.1, 0.15) is 6.54 Å². The highest BCUT2D eigenvalue weighted by molar-refractivity contribution is 5.93. The molecule has 10 heteroatoms. The highest BCUT2D eigenvalue weighted by atomic mass is 19.4. The van der Waals surface area contributed by atoms with Crippen molar-refractivity contribution in [3.63, 3.8) is 0 Å². The second kappa shape index (κ2) is 11.1. The van der Waals surface area contributed by atoms with Crippen molar-refractivity contribution in [3.8, 4) is 16.9 Å². The molecule has 3 aromatic rings. The zero-order valence-electron chi connectivity index (χ0n) is 21.6. The van der Waals surface area contributed by atoms with Gasteiger partial charge < -0.3 is 10.2 Å². The molecule has 0 atom stereocenters. The maximum absolute atomic E-state index is 13.1. The van der Waals surface area contributed by atoms with E-state index in [9.17, 15) is 22.8 Å². The molecule has 2 N–H and O–H groups in total. The molecule has 0 fully saturated rings. The third kappa shape index (κ3) is 7.83. The van der Waals surface area contributed by atoms with Gasteiger partial charge in [0.2, 0.25) is 11.9 Å². The number of nitrogens with one attached hydrogen (secondary N) is 2. The summed E-state index contributed by atoms with van der Waals surface area (Å²) in [6.45, 7) is 9.58. The van der Waals surface area contributed by atoms with E-state index in [1.807, 2.05) is 65.0 Å². The van der Waals surface area contributed by atoms with Crippen LogP contribution in [0.5, 0.6) is 0 Å². The lowest BCUT2D eigenvalue weighted by atomic mass is 10.1. The minimum atomic E-state index is -4.47. The van der Waals surface area contributed by atoms with Crippen molar-refractivity contribution in [2.24, 2.45) is 5.92 Å². The fourth-order valence-corrected chi connectivity index (χ4v) is 3.62. The monoisotopic (exact) mass is 515 g/mol. The van der Waals surface area contributed by atoms with E-state index in [0.717, 1.165) is 17.7 Å². The standard InChI is InChI=1S/C27H32F3N5O2/c1-18(2)15-34(25(37)33-26(3,4)5)17-23(36)32-24-31-22(19-9-7-6-8-10-19)16-35(24)21-13-11-20(12-14-21)27(28,29)30/h6-14,16,18H,15,17H2,1-5H3,(H,33,37)(H,31,32,36). The number of carbonyl (C=O) groups excluding carboxylic acids is 2. The van der Waals surface area contributed by atoms with Gasteiger partial charge in [-0.3, -0.25) is 14.7 Å². The number of benzene rings is 2. The van der Waals surface area contributed by atoms with Crippen molar-refractivity contribution in [2.45, 2.75) is 46.3 Å². The molecule has 198 valence electrons. The predicted octanol–water partition coefficient (Wildman–Crippen LogP) is 5.96. The molecule has 0 unspecified atom stereocenters. The molecule has 0 saturated carbocycles. The van der Waals surface area contributed by atoms with Gasteiger partial charge in [0.25, 0.3) is 0 Å². The van der Waals surface area contributed by atoms with Crippen LogP contribution < -0.4 is 10.6 Å². The number of nitrogens with zero attached hydrogens (tertiary/aromatic N) is 3. The first-order valence-electron chi connectivity index (χ1n) is 11.9. The van der Waals surface area contributed by atoms with Crippen LogP contribution in [0.2, 0.25) is 0 Å². The minimum Gasteiger partial charge on any atom is -0.333 e. The summed E-state index contributed by atoms with van der Waals surface area (Å²) < 4.78 is 40.7. The van der Waals surface area contributed by atoms with Crippen molar-refractivity contribution in [2.75, 3.05) is 18.4 Å². The number of hydrogen-bond donors (Lipinski definition) is 2. The lowest BCUT2D eigenvalue weighted by Crippen LogP contribution is -2.51. The Morgan fingerprint density at radius 3 is 2.16 bits per heavy atom. The average Bonchev–Trinajstić information content (AvgIpc) is 3.21. The number of anilines is 1. The van der Waals surface area contributed by atoms with E-state index < -0.39 is 23.2 Å². The van der Waals surface area contributed by atoms with Gasteiger partial charge in [-0.2, -0.15) is 13.2 Å². The van der Waals surface area contributed by atoms with Gasteiger partial charge in [0, 0.05) is 29.5 Å². The maximum Gasteiger partial charge on any atom is 0.416 e. The Bertz CT molecular complexity index is 1210. The Balaban J connectivity index is 1.91. The van der Waals surface area contributed by atoms with Crippen molar-refractivity contribution in [3.05, 3.63) is 66.4 Å². The van der Waals surface area contributed by atoms with Gasteiger partial charge >= 0.3 is 12.2 Å². The van der Waals surface area contributed by atoms with Gasteiger partial charge in [-0.25, -0.2) is 9.78 Å². The summed E-state index contributed by atoms with van der Waals surface area (Å²) in [6.07, 6.45) is -2.82. The molecule has 2 aromatic carbocycles. The van der Waals surface area contributed by atoms with Crippen LogP contribution in [0.3, 0.4) is 0 Å². The first kappa shape index (κ1) is 27.8. The normalized spacial score (nSPS) is 11.9. The van der Waals surface area contributed by atoms with Gasteiger partial charge in [0.15, 0.2) is 0 Å². The molecule has 3 amide bonds. The van der Waals surface area contributed by atoms with Gasteiger partial charge in [-0.15, -0.1) is 0 Å². The highest BCUT2D eigenvalue weighted by Gasteiger charge is 2.30. The molecule has 0 bridgehead atoms. The largest absolute Gasteiger partial charge is 0.416 e. The molecule has 0 aliphatic rings.